The third kappa shape index (κ3) is 3.88. The third-order valence-electron chi connectivity index (χ3n) is 3.85. The summed E-state index contributed by atoms with van der Waals surface area (Å²) in [6.07, 6.45) is 5.58. The normalized spacial score (nSPS) is 25.1. The van der Waals surface area contributed by atoms with Crippen molar-refractivity contribution in [1.29, 1.82) is 0 Å². The van der Waals surface area contributed by atoms with Crippen molar-refractivity contribution in [1.82, 2.24) is 20.0 Å². The molecule has 1 N–H and O–H groups in total. The number of hydrogen-bond acceptors (Lipinski definition) is 4. The van der Waals surface area contributed by atoms with Crippen LogP contribution >= 0.6 is 24.8 Å². The first-order chi connectivity index (χ1) is 9.25. The van der Waals surface area contributed by atoms with Gasteiger partial charge in [-0.2, -0.15) is 5.10 Å². The first kappa shape index (κ1) is 18.2. The number of carbonyl (C=O) groups is 1. The zero-order chi connectivity index (χ0) is 13.2. The van der Waals surface area contributed by atoms with Crippen LogP contribution < -0.4 is 5.32 Å². The Morgan fingerprint density at radius 1 is 1.48 bits per heavy atom. The van der Waals surface area contributed by atoms with Gasteiger partial charge in [-0.25, -0.2) is 0 Å². The summed E-state index contributed by atoms with van der Waals surface area (Å²) in [5, 5.41) is 7.41. The first-order valence-corrected chi connectivity index (χ1v) is 6.87. The summed E-state index contributed by atoms with van der Waals surface area (Å²) >= 11 is 0. The summed E-state index contributed by atoms with van der Waals surface area (Å²) in [5.74, 6) is 0.110. The van der Waals surface area contributed by atoms with Crippen LogP contribution in [0.1, 0.15) is 24.4 Å². The zero-order valence-corrected chi connectivity index (χ0v) is 13.7. The minimum absolute atomic E-state index is 0. The highest BCUT2D eigenvalue weighted by Crippen LogP contribution is 2.32. The molecular weight excluding hydrogens is 315 g/mol. The quantitative estimate of drug-likeness (QED) is 0.872. The number of aromatic nitrogens is 2. The van der Waals surface area contributed by atoms with Crippen LogP contribution in [0.5, 0.6) is 0 Å². The van der Waals surface area contributed by atoms with Crippen LogP contribution in [0.15, 0.2) is 12.4 Å². The molecule has 0 aliphatic carbocycles. The van der Waals surface area contributed by atoms with Gasteiger partial charge in [-0.3, -0.25) is 9.48 Å². The lowest BCUT2D eigenvalue weighted by atomic mass is 10.1. The van der Waals surface area contributed by atoms with Gasteiger partial charge in [0.15, 0.2) is 0 Å². The summed E-state index contributed by atoms with van der Waals surface area (Å²) in [6, 6.07) is 0.159. The highest BCUT2D eigenvalue weighted by Gasteiger charge is 2.35. The van der Waals surface area contributed by atoms with E-state index in [1.165, 1.54) is 0 Å². The predicted octanol–water partition coefficient (Wildman–Crippen LogP) is 0.916. The second kappa shape index (κ2) is 7.98. The maximum Gasteiger partial charge on any atom is 0.253 e. The second-order valence-electron chi connectivity index (χ2n) is 5.20. The molecule has 0 saturated carbocycles. The van der Waals surface area contributed by atoms with Gasteiger partial charge in [0, 0.05) is 38.4 Å². The Bertz CT molecular complexity index is 463. The molecule has 0 spiro atoms. The molecule has 3 heterocycles. The number of rotatable bonds is 2. The van der Waals surface area contributed by atoms with E-state index in [1.54, 1.807) is 4.68 Å². The molecule has 2 fully saturated rings. The molecule has 21 heavy (non-hydrogen) atoms. The van der Waals surface area contributed by atoms with E-state index in [0.717, 1.165) is 31.5 Å². The minimum Gasteiger partial charge on any atom is -0.366 e. The zero-order valence-electron chi connectivity index (χ0n) is 12.0. The van der Waals surface area contributed by atoms with Gasteiger partial charge in [0.25, 0.3) is 5.91 Å². The van der Waals surface area contributed by atoms with Crippen LogP contribution in [0, 0.1) is 0 Å². The summed E-state index contributed by atoms with van der Waals surface area (Å²) in [6.45, 7) is 2.88. The topological polar surface area (TPSA) is 59.4 Å². The molecule has 1 aromatic rings. The molecule has 2 aliphatic rings. The number of aryl methyl sites for hydroxylation is 1. The number of ether oxygens (including phenoxy) is 1. The molecule has 2 aliphatic heterocycles. The van der Waals surface area contributed by atoms with Crippen LogP contribution in [-0.4, -0.2) is 52.9 Å². The Balaban J connectivity index is 0.00000110. The monoisotopic (exact) mass is 336 g/mol. The highest BCUT2D eigenvalue weighted by atomic mass is 35.5. The largest absolute Gasteiger partial charge is 0.366 e. The molecule has 0 bridgehead atoms. The number of morpholine rings is 1. The van der Waals surface area contributed by atoms with Crippen LogP contribution in [-0.2, 0) is 16.6 Å². The van der Waals surface area contributed by atoms with E-state index in [2.05, 4.69) is 10.4 Å². The molecule has 120 valence electrons. The summed E-state index contributed by atoms with van der Waals surface area (Å²) in [5.41, 5.74) is 1.12. The van der Waals surface area contributed by atoms with E-state index >= 15 is 0 Å². The van der Waals surface area contributed by atoms with Gasteiger partial charge in [0.1, 0.15) is 6.10 Å². The highest BCUT2D eigenvalue weighted by molar-refractivity contribution is 5.85. The van der Waals surface area contributed by atoms with E-state index in [4.69, 9.17) is 4.74 Å². The second-order valence-corrected chi connectivity index (χ2v) is 5.20. The number of carbonyl (C=O) groups excluding carboxylic acids is 1. The van der Waals surface area contributed by atoms with Crippen molar-refractivity contribution >= 4 is 30.7 Å². The van der Waals surface area contributed by atoms with Crippen molar-refractivity contribution in [2.45, 2.75) is 25.0 Å². The average molecular weight is 337 g/mol. The Hall–Kier alpha value is -0.820. The molecule has 2 saturated heterocycles. The van der Waals surface area contributed by atoms with Crippen LogP contribution in [0.25, 0.3) is 0 Å². The molecule has 3 rings (SSSR count). The number of nitrogens with one attached hydrogen (secondary N) is 1. The maximum atomic E-state index is 12.5. The molecule has 8 heteroatoms. The smallest absolute Gasteiger partial charge is 0.253 e. The third-order valence-corrected chi connectivity index (χ3v) is 3.85. The SMILES string of the molecule is Cl.Cl.Cn1cc(C2CCCN2C(=O)C2CNCCO2)cn1. The summed E-state index contributed by atoms with van der Waals surface area (Å²) in [4.78, 5) is 14.5. The van der Waals surface area contributed by atoms with Gasteiger partial charge in [-0.05, 0) is 12.8 Å². The summed E-state index contributed by atoms with van der Waals surface area (Å²) in [7, 11) is 1.90. The van der Waals surface area contributed by atoms with Gasteiger partial charge in [-0.1, -0.05) is 0 Å². The van der Waals surface area contributed by atoms with Gasteiger partial charge in [0.2, 0.25) is 0 Å². The fraction of sp³-hybridized carbons (Fsp3) is 0.692. The van der Waals surface area contributed by atoms with E-state index in [1.807, 2.05) is 24.3 Å². The molecule has 0 aromatic carbocycles. The molecule has 1 aromatic heterocycles. The van der Waals surface area contributed by atoms with Gasteiger partial charge in [-0.15, -0.1) is 24.8 Å². The van der Waals surface area contributed by atoms with Crippen molar-refractivity contribution in [2.75, 3.05) is 26.2 Å². The van der Waals surface area contributed by atoms with Crippen LogP contribution in [0.4, 0.5) is 0 Å². The lowest BCUT2D eigenvalue weighted by molar-refractivity contribution is -0.146. The maximum absolute atomic E-state index is 12.5. The molecule has 2 atom stereocenters. The number of likely N-dealkylation sites (tertiary alicyclic amines) is 1. The molecular formula is C13H22Cl2N4O2. The number of nitrogens with zero attached hydrogens (tertiary/aromatic N) is 3. The van der Waals surface area contributed by atoms with Crippen molar-refractivity contribution in [3.63, 3.8) is 0 Å². The van der Waals surface area contributed by atoms with Crippen molar-refractivity contribution < 1.29 is 9.53 Å². The van der Waals surface area contributed by atoms with Crippen LogP contribution in [0.2, 0.25) is 0 Å². The predicted molar refractivity (Wildman–Crippen MR) is 84.0 cm³/mol. The number of amides is 1. The molecule has 6 nitrogen and oxygen atoms in total. The first-order valence-electron chi connectivity index (χ1n) is 6.87. The Kier molecular flexibility index (Phi) is 6.93. The fourth-order valence-corrected chi connectivity index (χ4v) is 2.90. The molecule has 2 unspecified atom stereocenters. The summed E-state index contributed by atoms with van der Waals surface area (Å²) < 4.78 is 7.35. The van der Waals surface area contributed by atoms with Crippen molar-refractivity contribution in [3.05, 3.63) is 18.0 Å². The van der Waals surface area contributed by atoms with Gasteiger partial charge in [0.05, 0.1) is 18.8 Å². The van der Waals surface area contributed by atoms with Crippen molar-refractivity contribution in [3.8, 4) is 0 Å². The Morgan fingerprint density at radius 2 is 2.29 bits per heavy atom. The fourth-order valence-electron chi connectivity index (χ4n) is 2.90. The van der Waals surface area contributed by atoms with Gasteiger partial charge < -0.3 is 15.0 Å². The lowest BCUT2D eigenvalue weighted by Gasteiger charge is -2.30. The van der Waals surface area contributed by atoms with E-state index in [-0.39, 0.29) is 42.9 Å². The molecule has 0 radical (unpaired) electrons. The minimum atomic E-state index is -0.328. The lowest BCUT2D eigenvalue weighted by Crippen LogP contribution is -2.49. The standard InChI is InChI=1S/C13H20N4O2.2ClH/c1-16-9-10(7-15-16)11-3-2-5-17(11)13(18)12-8-14-4-6-19-12;;/h7,9,11-12,14H,2-6,8H2,1H3;2*1H. The van der Waals surface area contributed by atoms with Crippen LogP contribution in [0.3, 0.4) is 0 Å². The Labute approximate surface area is 137 Å². The Morgan fingerprint density at radius 3 is 2.90 bits per heavy atom. The van der Waals surface area contributed by atoms with E-state index < -0.39 is 0 Å². The van der Waals surface area contributed by atoms with E-state index in [0.29, 0.717) is 13.2 Å². The number of halogens is 2. The molecule has 1 amide bonds. The average Bonchev–Trinajstić information content (AvgIpc) is 3.07. The number of hydrogen-bond donors (Lipinski definition) is 1. The van der Waals surface area contributed by atoms with Crippen molar-refractivity contribution in [2.24, 2.45) is 7.05 Å². The van der Waals surface area contributed by atoms with E-state index in [9.17, 15) is 4.79 Å². The van der Waals surface area contributed by atoms with Gasteiger partial charge >= 0.3 is 0 Å².